The number of amides is 1. The van der Waals surface area contributed by atoms with Crippen LogP contribution in [0.2, 0.25) is 0 Å². The van der Waals surface area contributed by atoms with Gasteiger partial charge >= 0.3 is 0 Å². The summed E-state index contributed by atoms with van der Waals surface area (Å²) in [6.45, 7) is 6.68. The first kappa shape index (κ1) is 11.8. The van der Waals surface area contributed by atoms with Crippen molar-refractivity contribution >= 4 is 5.91 Å². The smallest absolute Gasteiger partial charge is 0.235 e. The molecule has 2 aliphatic heterocycles. The number of allylic oxidation sites excluding steroid dienone is 1. The summed E-state index contributed by atoms with van der Waals surface area (Å²) in [5.74, 6) is 0.995. The molecular formula is C14H19NO3. The molecular weight excluding hydrogens is 230 g/mol. The van der Waals surface area contributed by atoms with E-state index in [2.05, 4.69) is 13.8 Å². The highest BCUT2D eigenvalue weighted by Gasteiger charge is 2.62. The van der Waals surface area contributed by atoms with Gasteiger partial charge in [0, 0.05) is 5.92 Å². The molecule has 4 heteroatoms. The molecule has 3 aliphatic rings. The Morgan fingerprint density at radius 2 is 2.17 bits per heavy atom. The Labute approximate surface area is 107 Å². The van der Waals surface area contributed by atoms with Crippen LogP contribution in [0.25, 0.3) is 0 Å². The largest absolute Gasteiger partial charge is 0.497 e. The molecule has 2 heterocycles. The topological polar surface area (TPSA) is 38.8 Å². The molecule has 1 amide bonds. The number of nitrogens with zero attached hydrogens (tertiary/aromatic N) is 1. The van der Waals surface area contributed by atoms with Gasteiger partial charge in [-0.1, -0.05) is 6.08 Å². The summed E-state index contributed by atoms with van der Waals surface area (Å²) in [6.07, 6.45) is 5.69. The maximum atomic E-state index is 12.7. The molecule has 0 aromatic heterocycles. The summed E-state index contributed by atoms with van der Waals surface area (Å²) >= 11 is 0. The summed E-state index contributed by atoms with van der Waals surface area (Å²) in [4.78, 5) is 14.6. The van der Waals surface area contributed by atoms with E-state index < -0.39 is 5.41 Å². The summed E-state index contributed by atoms with van der Waals surface area (Å²) in [6, 6.07) is 0. The van der Waals surface area contributed by atoms with Crippen LogP contribution in [0.5, 0.6) is 0 Å². The Kier molecular flexibility index (Phi) is 2.21. The number of carbonyl (C=O) groups is 1. The average molecular weight is 249 g/mol. The number of ether oxygens (including phenoxy) is 2. The van der Waals surface area contributed by atoms with E-state index in [0.29, 0.717) is 6.61 Å². The number of carbonyl (C=O) groups excluding carboxylic acids is 1. The van der Waals surface area contributed by atoms with E-state index in [1.54, 1.807) is 7.11 Å². The third-order valence-corrected chi connectivity index (χ3v) is 4.37. The summed E-state index contributed by atoms with van der Waals surface area (Å²) in [5, 5.41) is 0. The maximum absolute atomic E-state index is 12.7. The van der Waals surface area contributed by atoms with Gasteiger partial charge in [-0.15, -0.1) is 0 Å². The molecule has 0 saturated carbocycles. The molecule has 0 aromatic carbocycles. The van der Waals surface area contributed by atoms with Crippen LogP contribution in [0.3, 0.4) is 0 Å². The van der Waals surface area contributed by atoms with Crippen LogP contribution in [-0.4, -0.2) is 36.3 Å². The zero-order valence-electron chi connectivity index (χ0n) is 11.3. The Balaban J connectivity index is 2.06. The van der Waals surface area contributed by atoms with Crippen LogP contribution >= 0.6 is 0 Å². The van der Waals surface area contributed by atoms with Gasteiger partial charge in [0.1, 0.15) is 12.0 Å². The molecule has 0 unspecified atom stereocenters. The van der Waals surface area contributed by atoms with Gasteiger partial charge in [0.25, 0.3) is 0 Å². The van der Waals surface area contributed by atoms with E-state index >= 15 is 0 Å². The number of rotatable bonds is 1. The first-order chi connectivity index (χ1) is 8.40. The minimum absolute atomic E-state index is 0.0340. The van der Waals surface area contributed by atoms with Crippen LogP contribution < -0.4 is 0 Å². The summed E-state index contributed by atoms with van der Waals surface area (Å²) in [5.41, 5.74) is -0.721. The fraction of sp³-hybridized carbons (Fsp3) is 0.643. The van der Waals surface area contributed by atoms with Crippen molar-refractivity contribution in [1.29, 1.82) is 0 Å². The highest BCUT2D eigenvalue weighted by molar-refractivity contribution is 5.89. The molecule has 0 bridgehead atoms. The van der Waals surface area contributed by atoms with Crippen molar-refractivity contribution in [3.05, 3.63) is 24.0 Å². The highest BCUT2D eigenvalue weighted by atomic mass is 16.5. The molecule has 2 saturated heterocycles. The molecule has 3 atom stereocenters. The van der Waals surface area contributed by atoms with Gasteiger partial charge in [0.15, 0.2) is 0 Å². The van der Waals surface area contributed by atoms with Crippen LogP contribution in [-0.2, 0) is 14.3 Å². The fourth-order valence-corrected chi connectivity index (χ4v) is 3.19. The molecule has 98 valence electrons. The van der Waals surface area contributed by atoms with Gasteiger partial charge in [0.2, 0.25) is 5.91 Å². The van der Waals surface area contributed by atoms with E-state index in [9.17, 15) is 4.79 Å². The second-order valence-corrected chi connectivity index (χ2v) is 6.10. The number of fused-ring (bicyclic) bond motifs is 3. The molecule has 4 nitrogen and oxygen atoms in total. The minimum atomic E-state index is -0.496. The van der Waals surface area contributed by atoms with Crippen LogP contribution in [0.1, 0.15) is 20.8 Å². The molecule has 18 heavy (non-hydrogen) atoms. The minimum Gasteiger partial charge on any atom is -0.497 e. The molecule has 0 aromatic rings. The summed E-state index contributed by atoms with van der Waals surface area (Å²) < 4.78 is 11.1. The first-order valence-corrected chi connectivity index (χ1v) is 6.30. The standard InChI is InChI=1S/C14H19NO3/c1-13(2)8-18-11-10-7-9(17-4)5-6-14(10,3)12(16)15(11)13/h5-7,10-11H,8H2,1-4H3/t10-,11-,14-/m1/s1. The van der Waals surface area contributed by atoms with Gasteiger partial charge in [-0.05, 0) is 32.9 Å². The molecule has 0 spiro atoms. The van der Waals surface area contributed by atoms with Gasteiger partial charge < -0.3 is 14.4 Å². The van der Waals surface area contributed by atoms with E-state index in [4.69, 9.17) is 9.47 Å². The normalized spacial score (nSPS) is 40.6. The van der Waals surface area contributed by atoms with Crippen molar-refractivity contribution in [1.82, 2.24) is 4.90 Å². The Bertz CT molecular complexity index is 466. The lowest BCUT2D eigenvalue weighted by atomic mass is 9.75. The van der Waals surface area contributed by atoms with Crippen molar-refractivity contribution in [3.63, 3.8) is 0 Å². The van der Waals surface area contributed by atoms with Crippen molar-refractivity contribution in [2.45, 2.75) is 32.5 Å². The predicted octanol–water partition coefficient (Wildman–Crippen LogP) is 1.69. The Morgan fingerprint density at radius 3 is 2.83 bits per heavy atom. The lowest BCUT2D eigenvalue weighted by Gasteiger charge is -2.30. The van der Waals surface area contributed by atoms with Crippen LogP contribution in [0.4, 0.5) is 0 Å². The molecule has 3 rings (SSSR count). The van der Waals surface area contributed by atoms with Crippen molar-refractivity contribution in [2.75, 3.05) is 13.7 Å². The van der Waals surface area contributed by atoms with Gasteiger partial charge in [-0.25, -0.2) is 0 Å². The second kappa shape index (κ2) is 3.38. The van der Waals surface area contributed by atoms with Crippen LogP contribution in [0.15, 0.2) is 24.0 Å². The van der Waals surface area contributed by atoms with Crippen molar-refractivity contribution in [2.24, 2.45) is 11.3 Å². The third-order valence-electron chi connectivity index (χ3n) is 4.37. The Hall–Kier alpha value is -1.29. The molecule has 2 fully saturated rings. The van der Waals surface area contributed by atoms with Crippen molar-refractivity contribution < 1.29 is 14.3 Å². The van der Waals surface area contributed by atoms with E-state index in [0.717, 1.165) is 5.76 Å². The first-order valence-electron chi connectivity index (χ1n) is 6.30. The van der Waals surface area contributed by atoms with Gasteiger partial charge in [-0.3, -0.25) is 4.79 Å². The lowest BCUT2D eigenvalue weighted by molar-refractivity contribution is -0.137. The molecule has 1 aliphatic carbocycles. The van der Waals surface area contributed by atoms with Gasteiger partial charge in [-0.2, -0.15) is 0 Å². The maximum Gasteiger partial charge on any atom is 0.235 e. The van der Waals surface area contributed by atoms with E-state index in [1.807, 2.05) is 30.1 Å². The second-order valence-electron chi connectivity index (χ2n) is 6.10. The third kappa shape index (κ3) is 1.27. The monoisotopic (exact) mass is 249 g/mol. The van der Waals surface area contributed by atoms with Crippen LogP contribution in [0, 0.1) is 11.3 Å². The molecule has 0 radical (unpaired) electrons. The van der Waals surface area contributed by atoms with E-state index in [1.165, 1.54) is 0 Å². The van der Waals surface area contributed by atoms with Gasteiger partial charge in [0.05, 0.1) is 24.7 Å². The zero-order valence-corrected chi connectivity index (χ0v) is 11.3. The predicted molar refractivity (Wildman–Crippen MR) is 66.5 cm³/mol. The lowest BCUT2D eigenvalue weighted by Crippen LogP contribution is -2.46. The average Bonchev–Trinajstić information content (AvgIpc) is 2.75. The van der Waals surface area contributed by atoms with E-state index in [-0.39, 0.29) is 23.6 Å². The Morgan fingerprint density at radius 1 is 1.44 bits per heavy atom. The fourth-order valence-electron chi connectivity index (χ4n) is 3.19. The number of hydrogen-bond acceptors (Lipinski definition) is 3. The quantitative estimate of drug-likeness (QED) is 0.710. The molecule has 0 N–H and O–H groups in total. The zero-order chi connectivity index (χ0) is 13.1. The summed E-state index contributed by atoms with van der Waals surface area (Å²) in [7, 11) is 1.65. The highest BCUT2D eigenvalue weighted by Crippen LogP contribution is 2.51. The number of methoxy groups -OCH3 is 1. The number of hydrogen-bond donors (Lipinski definition) is 0. The van der Waals surface area contributed by atoms with Crippen molar-refractivity contribution in [3.8, 4) is 0 Å². The SMILES string of the molecule is COC1=C[C@@H]2[C@H]3OCC(C)(C)N3C(=O)[C@]2(C)C=C1.